The van der Waals surface area contributed by atoms with Crippen molar-refractivity contribution in [1.82, 2.24) is 9.88 Å². The summed E-state index contributed by atoms with van der Waals surface area (Å²) < 4.78 is 29.4. The fourth-order valence-corrected chi connectivity index (χ4v) is 7.72. The lowest BCUT2D eigenvalue weighted by molar-refractivity contribution is 0.302. The third-order valence-corrected chi connectivity index (χ3v) is 9.56. The van der Waals surface area contributed by atoms with Crippen molar-refractivity contribution in [3.63, 3.8) is 0 Å². The maximum absolute atomic E-state index is 14.0. The van der Waals surface area contributed by atoms with Crippen molar-refractivity contribution in [2.45, 2.75) is 36.3 Å². The number of rotatable bonds is 2. The molecule has 1 N–H and O–H groups in total. The van der Waals surface area contributed by atoms with E-state index >= 15 is 0 Å². The number of para-hydroxylation sites is 1. The molecule has 26 heavy (non-hydrogen) atoms. The Labute approximate surface area is 154 Å². The largest absolute Gasteiger partial charge is 0.343 e. The molecule has 0 amide bonds. The molecule has 0 radical (unpaired) electrons. The van der Waals surface area contributed by atoms with E-state index in [1.807, 2.05) is 43.4 Å². The fraction of sp³-hybridized carbons (Fsp3) is 0.429. The average Bonchev–Trinajstić information content (AvgIpc) is 3.30. The molecule has 1 aliphatic carbocycles. The highest BCUT2D eigenvalue weighted by Crippen LogP contribution is 2.55. The molecule has 4 nitrogen and oxygen atoms in total. The Bertz CT molecular complexity index is 1040. The summed E-state index contributed by atoms with van der Waals surface area (Å²) in [6.45, 7) is 4.32. The van der Waals surface area contributed by atoms with E-state index in [4.69, 9.17) is 0 Å². The molecular formula is C21H24N2O2S. The molecule has 1 fully saturated rings. The van der Waals surface area contributed by atoms with Gasteiger partial charge in [0, 0.05) is 29.7 Å². The van der Waals surface area contributed by atoms with Gasteiger partial charge < -0.3 is 9.88 Å². The molecule has 5 heteroatoms. The number of benzene rings is 1. The lowest BCUT2D eigenvalue weighted by Crippen LogP contribution is -2.43. The highest BCUT2D eigenvalue weighted by molar-refractivity contribution is 7.93. The number of aromatic nitrogens is 1. The van der Waals surface area contributed by atoms with Crippen molar-refractivity contribution in [1.29, 1.82) is 0 Å². The Hall–Kier alpha value is -1.85. The van der Waals surface area contributed by atoms with Crippen LogP contribution in [0.5, 0.6) is 0 Å². The Balaban J connectivity index is 1.73. The number of fused-ring (bicyclic) bond motifs is 3. The van der Waals surface area contributed by atoms with E-state index in [1.165, 1.54) is 0 Å². The van der Waals surface area contributed by atoms with E-state index in [0.29, 0.717) is 6.42 Å². The van der Waals surface area contributed by atoms with Crippen LogP contribution in [0, 0.1) is 5.41 Å². The highest BCUT2D eigenvalue weighted by atomic mass is 32.2. The minimum atomic E-state index is -3.41. The van der Waals surface area contributed by atoms with Crippen molar-refractivity contribution < 1.29 is 8.42 Å². The Morgan fingerprint density at radius 1 is 1.23 bits per heavy atom. The molecule has 136 valence electrons. The maximum atomic E-state index is 14.0. The van der Waals surface area contributed by atoms with Gasteiger partial charge >= 0.3 is 0 Å². The maximum Gasteiger partial charge on any atom is 0.168 e. The highest BCUT2D eigenvalue weighted by Gasteiger charge is 2.58. The number of allylic oxidation sites excluding steroid dienone is 3. The zero-order chi connectivity index (χ0) is 18.0. The van der Waals surface area contributed by atoms with E-state index in [0.717, 1.165) is 42.7 Å². The summed E-state index contributed by atoms with van der Waals surface area (Å²) in [5, 5.41) is 4.11. The summed E-state index contributed by atoms with van der Waals surface area (Å²) in [7, 11) is -3.41. The molecule has 1 spiro atoms. The van der Waals surface area contributed by atoms with Gasteiger partial charge in [0.25, 0.3) is 0 Å². The first-order valence-corrected chi connectivity index (χ1v) is 10.9. The van der Waals surface area contributed by atoms with Crippen molar-refractivity contribution in [2.24, 2.45) is 5.41 Å². The van der Waals surface area contributed by atoms with Gasteiger partial charge in [-0.05, 0) is 43.8 Å². The van der Waals surface area contributed by atoms with E-state index in [1.54, 1.807) is 0 Å². The quantitative estimate of drug-likeness (QED) is 0.884. The Morgan fingerprint density at radius 3 is 2.81 bits per heavy atom. The van der Waals surface area contributed by atoms with Crippen LogP contribution in [-0.2, 0) is 16.4 Å². The van der Waals surface area contributed by atoms with Crippen LogP contribution in [0.15, 0.2) is 54.6 Å². The summed E-state index contributed by atoms with van der Waals surface area (Å²) >= 11 is 0. The van der Waals surface area contributed by atoms with E-state index in [2.05, 4.69) is 28.1 Å². The first-order valence-electron chi connectivity index (χ1n) is 9.34. The molecule has 3 atom stereocenters. The normalized spacial score (nSPS) is 33.3. The fourth-order valence-electron chi connectivity index (χ4n) is 5.13. The van der Waals surface area contributed by atoms with Gasteiger partial charge in [-0.25, -0.2) is 8.42 Å². The predicted octanol–water partition coefficient (Wildman–Crippen LogP) is 3.37. The molecular weight excluding hydrogens is 344 g/mol. The van der Waals surface area contributed by atoms with Crippen molar-refractivity contribution in [3.05, 3.63) is 60.3 Å². The van der Waals surface area contributed by atoms with Crippen LogP contribution in [0.25, 0.3) is 10.9 Å². The third-order valence-electron chi connectivity index (χ3n) is 6.60. The minimum Gasteiger partial charge on any atom is -0.343 e. The number of nitrogens with one attached hydrogen (secondary N) is 1. The van der Waals surface area contributed by atoms with Crippen LogP contribution in [0.2, 0.25) is 0 Å². The average molecular weight is 369 g/mol. The van der Waals surface area contributed by atoms with E-state index in [-0.39, 0.29) is 5.41 Å². The predicted molar refractivity (Wildman–Crippen MR) is 105 cm³/mol. The summed E-state index contributed by atoms with van der Waals surface area (Å²) in [4.78, 5) is 0. The second-order valence-corrected chi connectivity index (χ2v) is 10.7. The van der Waals surface area contributed by atoms with Gasteiger partial charge in [-0.3, -0.25) is 0 Å². The smallest absolute Gasteiger partial charge is 0.168 e. The molecule has 1 saturated heterocycles. The van der Waals surface area contributed by atoms with Crippen LogP contribution >= 0.6 is 0 Å². The topological polar surface area (TPSA) is 51.1 Å². The monoisotopic (exact) mass is 368 g/mol. The molecule has 3 aliphatic rings. The van der Waals surface area contributed by atoms with Gasteiger partial charge in [0.15, 0.2) is 9.84 Å². The van der Waals surface area contributed by atoms with Gasteiger partial charge in [-0.1, -0.05) is 42.5 Å². The van der Waals surface area contributed by atoms with Gasteiger partial charge in [0.1, 0.15) is 5.25 Å². The number of hydrogen-bond donors (Lipinski definition) is 1. The summed E-state index contributed by atoms with van der Waals surface area (Å²) in [5.74, 6) is 0. The van der Waals surface area contributed by atoms with Gasteiger partial charge in [-0.2, -0.15) is 0 Å². The molecule has 5 rings (SSSR count). The standard InChI is InChI=1S/C21H24N2O2S/c1-20(9-5-2-6-10-20)26(24,25)19-18-13-16-7-3-4-8-17(16)23(18)15-21(19)11-12-22-14-21/h2-9,13,19,22H,10-12,14-15H2,1H3. The molecule has 0 saturated carbocycles. The zero-order valence-electron chi connectivity index (χ0n) is 15.0. The van der Waals surface area contributed by atoms with Crippen LogP contribution in [0.4, 0.5) is 0 Å². The van der Waals surface area contributed by atoms with Crippen LogP contribution in [0.3, 0.4) is 0 Å². The molecule has 0 bridgehead atoms. The molecule has 2 aliphatic heterocycles. The van der Waals surface area contributed by atoms with Crippen LogP contribution < -0.4 is 5.32 Å². The minimum absolute atomic E-state index is 0.240. The molecule has 3 heterocycles. The molecule has 1 aromatic heterocycles. The van der Waals surface area contributed by atoms with Gasteiger partial charge in [0.05, 0.1) is 4.75 Å². The lowest BCUT2D eigenvalue weighted by Gasteiger charge is -2.36. The Morgan fingerprint density at radius 2 is 2.08 bits per heavy atom. The second kappa shape index (κ2) is 5.33. The number of nitrogens with zero attached hydrogens (tertiary/aromatic N) is 1. The molecule has 3 unspecified atom stereocenters. The van der Waals surface area contributed by atoms with Crippen molar-refractivity contribution in [2.75, 3.05) is 13.1 Å². The Kier molecular flexibility index (Phi) is 3.35. The second-order valence-electron chi connectivity index (χ2n) is 8.23. The first-order chi connectivity index (χ1) is 12.5. The summed E-state index contributed by atoms with van der Waals surface area (Å²) in [6.07, 6.45) is 9.13. The van der Waals surface area contributed by atoms with Gasteiger partial charge in [0.2, 0.25) is 0 Å². The van der Waals surface area contributed by atoms with E-state index in [9.17, 15) is 8.42 Å². The SMILES string of the molecule is CC1(S(=O)(=O)C2c3cc4ccccc4n3CC23CCNC3)C=CC=CC1. The first kappa shape index (κ1) is 16.3. The summed E-state index contributed by atoms with van der Waals surface area (Å²) in [5.41, 5.74) is 1.88. The molecule has 1 aromatic carbocycles. The third kappa shape index (κ3) is 2.01. The lowest BCUT2D eigenvalue weighted by atomic mass is 9.84. The number of hydrogen-bond acceptors (Lipinski definition) is 3. The number of sulfone groups is 1. The zero-order valence-corrected chi connectivity index (χ0v) is 15.8. The van der Waals surface area contributed by atoms with Crippen molar-refractivity contribution in [3.8, 4) is 0 Å². The molecule has 2 aromatic rings. The van der Waals surface area contributed by atoms with Crippen LogP contribution in [-0.4, -0.2) is 30.8 Å². The van der Waals surface area contributed by atoms with E-state index < -0.39 is 19.8 Å². The van der Waals surface area contributed by atoms with Gasteiger partial charge in [-0.15, -0.1) is 0 Å². The summed E-state index contributed by atoms with van der Waals surface area (Å²) in [6, 6.07) is 10.3. The van der Waals surface area contributed by atoms with Crippen molar-refractivity contribution >= 4 is 20.7 Å². The van der Waals surface area contributed by atoms with Crippen LogP contribution in [0.1, 0.15) is 30.7 Å².